The average Bonchev–Trinajstić information content (AvgIpc) is 2.47. The van der Waals surface area contributed by atoms with Crippen molar-refractivity contribution in [1.82, 2.24) is 5.32 Å². The fourth-order valence-corrected chi connectivity index (χ4v) is 2.41. The Hall–Kier alpha value is -1.80. The molecular weight excluding hydrogens is 246 g/mol. The average molecular weight is 269 g/mol. The molecule has 0 aliphatic heterocycles. The van der Waals surface area contributed by atoms with Crippen molar-refractivity contribution in [3.05, 3.63) is 64.7 Å². The Bertz CT molecular complexity index is 560. The third kappa shape index (κ3) is 3.20. The molecule has 2 aromatic carbocycles. The van der Waals surface area contributed by atoms with Crippen LogP contribution < -0.4 is 10.1 Å². The monoisotopic (exact) mass is 269 g/mol. The van der Waals surface area contributed by atoms with E-state index in [1.54, 1.807) is 7.11 Å². The molecule has 0 saturated heterocycles. The maximum absolute atomic E-state index is 5.44. The number of benzene rings is 2. The van der Waals surface area contributed by atoms with Gasteiger partial charge in [0.15, 0.2) is 0 Å². The first-order valence-electron chi connectivity index (χ1n) is 7.10. The summed E-state index contributed by atoms with van der Waals surface area (Å²) in [5.74, 6) is 0.942. The van der Waals surface area contributed by atoms with Crippen LogP contribution in [0.15, 0.2) is 42.5 Å². The van der Waals surface area contributed by atoms with Crippen LogP contribution in [0, 0.1) is 13.8 Å². The van der Waals surface area contributed by atoms with Crippen LogP contribution in [0.25, 0.3) is 0 Å². The summed E-state index contributed by atoms with van der Waals surface area (Å²) in [7, 11) is 1.72. The lowest BCUT2D eigenvalue weighted by Crippen LogP contribution is -2.22. The fraction of sp³-hybridized carbons (Fsp3) is 0.333. The molecule has 0 aliphatic carbocycles. The second-order valence-corrected chi connectivity index (χ2v) is 5.13. The van der Waals surface area contributed by atoms with Crippen LogP contribution in [0.4, 0.5) is 0 Å². The predicted molar refractivity (Wildman–Crippen MR) is 84.4 cm³/mol. The van der Waals surface area contributed by atoms with E-state index in [9.17, 15) is 0 Å². The van der Waals surface area contributed by atoms with Crippen molar-refractivity contribution in [1.29, 1.82) is 0 Å². The molecule has 2 heteroatoms. The molecule has 2 rings (SSSR count). The SMILES string of the molecule is CCNC(c1ccc(C)cc1)c1ccc(C)c(OC)c1. The van der Waals surface area contributed by atoms with Crippen LogP contribution >= 0.6 is 0 Å². The lowest BCUT2D eigenvalue weighted by Gasteiger charge is -2.20. The van der Waals surface area contributed by atoms with Gasteiger partial charge >= 0.3 is 0 Å². The summed E-state index contributed by atoms with van der Waals surface area (Å²) in [5, 5.41) is 3.55. The number of aryl methyl sites for hydroxylation is 2. The molecule has 0 radical (unpaired) electrons. The zero-order valence-corrected chi connectivity index (χ0v) is 12.7. The van der Waals surface area contributed by atoms with E-state index in [0.29, 0.717) is 0 Å². The summed E-state index contributed by atoms with van der Waals surface area (Å²) in [6.07, 6.45) is 0. The number of hydrogen-bond acceptors (Lipinski definition) is 2. The minimum absolute atomic E-state index is 0.204. The highest BCUT2D eigenvalue weighted by atomic mass is 16.5. The number of ether oxygens (including phenoxy) is 1. The lowest BCUT2D eigenvalue weighted by molar-refractivity contribution is 0.410. The van der Waals surface area contributed by atoms with Gasteiger partial charge in [0.05, 0.1) is 13.2 Å². The highest BCUT2D eigenvalue weighted by Gasteiger charge is 2.14. The number of hydrogen-bond donors (Lipinski definition) is 1. The highest BCUT2D eigenvalue weighted by Crippen LogP contribution is 2.27. The zero-order valence-electron chi connectivity index (χ0n) is 12.7. The van der Waals surface area contributed by atoms with E-state index in [1.807, 2.05) is 0 Å². The van der Waals surface area contributed by atoms with Crippen LogP contribution in [-0.4, -0.2) is 13.7 Å². The molecule has 0 saturated carbocycles. The van der Waals surface area contributed by atoms with Gasteiger partial charge in [0, 0.05) is 0 Å². The van der Waals surface area contributed by atoms with Gasteiger partial charge in [-0.2, -0.15) is 0 Å². The second kappa shape index (κ2) is 6.58. The van der Waals surface area contributed by atoms with Crippen LogP contribution in [0.2, 0.25) is 0 Å². The molecule has 0 amide bonds. The first-order chi connectivity index (χ1) is 9.65. The molecule has 0 heterocycles. The number of rotatable bonds is 5. The molecular formula is C18H23NO. The molecule has 1 atom stereocenters. The highest BCUT2D eigenvalue weighted by molar-refractivity contribution is 5.41. The molecule has 2 aromatic rings. The van der Waals surface area contributed by atoms with Crippen LogP contribution in [0.3, 0.4) is 0 Å². The van der Waals surface area contributed by atoms with Gasteiger partial charge in [0.2, 0.25) is 0 Å². The third-order valence-corrected chi connectivity index (χ3v) is 3.58. The first kappa shape index (κ1) is 14.6. The Morgan fingerprint density at radius 2 is 1.65 bits per heavy atom. The molecule has 106 valence electrons. The van der Waals surface area contributed by atoms with Crippen molar-refractivity contribution in [2.75, 3.05) is 13.7 Å². The maximum Gasteiger partial charge on any atom is 0.122 e. The summed E-state index contributed by atoms with van der Waals surface area (Å²) >= 11 is 0. The molecule has 0 fully saturated rings. The standard InChI is InChI=1S/C18H23NO/c1-5-19-18(15-9-6-13(2)7-10-15)16-11-8-14(3)17(12-16)20-4/h6-12,18-19H,5H2,1-4H3. The Morgan fingerprint density at radius 1 is 1.00 bits per heavy atom. The quantitative estimate of drug-likeness (QED) is 0.885. The topological polar surface area (TPSA) is 21.3 Å². The maximum atomic E-state index is 5.44. The van der Waals surface area contributed by atoms with E-state index in [-0.39, 0.29) is 6.04 Å². The molecule has 0 aromatic heterocycles. The second-order valence-electron chi connectivity index (χ2n) is 5.13. The Labute approximate surface area is 121 Å². The minimum Gasteiger partial charge on any atom is -0.496 e. The molecule has 0 aliphatic rings. The Morgan fingerprint density at radius 3 is 2.25 bits per heavy atom. The minimum atomic E-state index is 0.204. The van der Waals surface area contributed by atoms with Gasteiger partial charge in [-0.1, -0.05) is 48.9 Å². The van der Waals surface area contributed by atoms with Crippen LogP contribution in [-0.2, 0) is 0 Å². The van der Waals surface area contributed by atoms with E-state index in [4.69, 9.17) is 4.74 Å². The normalized spacial score (nSPS) is 12.2. The van der Waals surface area contributed by atoms with Crippen molar-refractivity contribution in [2.24, 2.45) is 0 Å². The fourth-order valence-electron chi connectivity index (χ4n) is 2.41. The largest absolute Gasteiger partial charge is 0.496 e. The summed E-state index contributed by atoms with van der Waals surface area (Å²) in [4.78, 5) is 0. The molecule has 1 N–H and O–H groups in total. The third-order valence-electron chi connectivity index (χ3n) is 3.58. The van der Waals surface area contributed by atoms with Crippen molar-refractivity contribution >= 4 is 0 Å². The summed E-state index contributed by atoms with van der Waals surface area (Å²) in [6.45, 7) is 7.24. The first-order valence-corrected chi connectivity index (χ1v) is 7.10. The van der Waals surface area contributed by atoms with Crippen molar-refractivity contribution in [3.8, 4) is 5.75 Å². The van der Waals surface area contributed by atoms with Gasteiger partial charge in [0.1, 0.15) is 5.75 Å². The number of nitrogens with one attached hydrogen (secondary N) is 1. The lowest BCUT2D eigenvalue weighted by atomic mass is 9.96. The van der Waals surface area contributed by atoms with Gasteiger partial charge < -0.3 is 10.1 Å². The van der Waals surface area contributed by atoms with Crippen LogP contribution in [0.5, 0.6) is 5.75 Å². The Balaban J connectivity index is 2.39. The van der Waals surface area contributed by atoms with E-state index in [2.05, 4.69) is 68.6 Å². The smallest absolute Gasteiger partial charge is 0.122 e. The summed E-state index contributed by atoms with van der Waals surface area (Å²) in [6, 6.07) is 15.3. The van der Waals surface area contributed by atoms with Crippen LogP contribution in [0.1, 0.15) is 35.2 Å². The molecule has 20 heavy (non-hydrogen) atoms. The number of methoxy groups -OCH3 is 1. The van der Waals surface area contributed by atoms with Gasteiger partial charge in [-0.3, -0.25) is 0 Å². The summed E-state index contributed by atoms with van der Waals surface area (Å²) < 4.78 is 5.44. The zero-order chi connectivity index (χ0) is 14.5. The van der Waals surface area contributed by atoms with Crippen molar-refractivity contribution < 1.29 is 4.74 Å². The Kier molecular flexibility index (Phi) is 4.80. The van der Waals surface area contributed by atoms with Gasteiger partial charge in [-0.05, 0) is 43.1 Å². The van der Waals surface area contributed by atoms with E-state index in [0.717, 1.165) is 17.9 Å². The van der Waals surface area contributed by atoms with Gasteiger partial charge in [-0.25, -0.2) is 0 Å². The van der Waals surface area contributed by atoms with E-state index < -0.39 is 0 Å². The van der Waals surface area contributed by atoms with Crippen molar-refractivity contribution in [3.63, 3.8) is 0 Å². The van der Waals surface area contributed by atoms with Gasteiger partial charge in [0.25, 0.3) is 0 Å². The van der Waals surface area contributed by atoms with E-state index >= 15 is 0 Å². The molecule has 2 nitrogen and oxygen atoms in total. The molecule has 1 unspecified atom stereocenters. The van der Waals surface area contributed by atoms with Gasteiger partial charge in [-0.15, -0.1) is 0 Å². The summed E-state index contributed by atoms with van der Waals surface area (Å²) in [5.41, 5.74) is 4.96. The predicted octanol–water partition coefficient (Wildman–Crippen LogP) is 4.01. The molecule has 0 spiro atoms. The van der Waals surface area contributed by atoms with Crippen molar-refractivity contribution in [2.45, 2.75) is 26.8 Å². The van der Waals surface area contributed by atoms with E-state index in [1.165, 1.54) is 16.7 Å². The molecule has 0 bridgehead atoms.